The molecule has 0 unspecified atom stereocenters. The molecule has 0 fully saturated rings. The van der Waals surface area contributed by atoms with Gasteiger partial charge in [-0.2, -0.15) is 0 Å². The summed E-state index contributed by atoms with van der Waals surface area (Å²) in [6, 6.07) is 3.40. The maximum absolute atomic E-state index is 13.0. The van der Waals surface area contributed by atoms with Crippen molar-refractivity contribution >= 4 is 15.7 Å². The number of benzene rings is 1. The second-order valence-electron chi connectivity index (χ2n) is 4.22. The average Bonchev–Trinajstić information content (AvgIpc) is 2.33. The Balaban J connectivity index is 2.83. The second kappa shape index (κ2) is 6.15. The number of anilines is 1. The number of nitrogen functional groups attached to an aromatic ring is 1. The van der Waals surface area contributed by atoms with Gasteiger partial charge in [0.1, 0.15) is 5.82 Å². The van der Waals surface area contributed by atoms with Crippen LogP contribution in [-0.4, -0.2) is 15.0 Å². The van der Waals surface area contributed by atoms with Crippen LogP contribution >= 0.6 is 0 Å². The minimum atomic E-state index is -3.61. The molecule has 6 heteroatoms. The normalized spacial score (nSPS) is 12.0. The first-order valence-electron chi connectivity index (χ1n) is 5.95. The minimum absolute atomic E-state index is 0.00708. The topological polar surface area (TPSA) is 72.2 Å². The van der Waals surface area contributed by atoms with Crippen LogP contribution in [0.5, 0.6) is 0 Å². The van der Waals surface area contributed by atoms with Gasteiger partial charge in [0.2, 0.25) is 10.0 Å². The van der Waals surface area contributed by atoms with Crippen molar-refractivity contribution < 1.29 is 12.8 Å². The summed E-state index contributed by atoms with van der Waals surface area (Å²) in [7, 11) is -3.61. The van der Waals surface area contributed by atoms with Gasteiger partial charge in [-0.05, 0) is 24.1 Å². The molecule has 1 aromatic carbocycles. The van der Waals surface area contributed by atoms with Crippen molar-refractivity contribution in [2.45, 2.75) is 31.6 Å². The fraction of sp³-hybridized carbons (Fsp3) is 0.500. The van der Waals surface area contributed by atoms with Gasteiger partial charge in [-0.3, -0.25) is 0 Å². The summed E-state index contributed by atoms with van der Waals surface area (Å²) in [4.78, 5) is -0.00708. The Morgan fingerprint density at radius 2 is 1.94 bits per heavy atom. The Bertz CT molecular complexity index is 499. The molecule has 0 heterocycles. The highest BCUT2D eigenvalue weighted by Gasteiger charge is 2.16. The van der Waals surface area contributed by atoms with Gasteiger partial charge in [0.25, 0.3) is 0 Å². The highest BCUT2D eigenvalue weighted by molar-refractivity contribution is 7.89. The van der Waals surface area contributed by atoms with Gasteiger partial charge in [0, 0.05) is 6.54 Å². The summed E-state index contributed by atoms with van der Waals surface area (Å²) in [5.74, 6) is -0.313. The van der Waals surface area contributed by atoms with Gasteiger partial charge in [-0.25, -0.2) is 17.5 Å². The van der Waals surface area contributed by atoms with E-state index in [1.54, 1.807) is 0 Å². The zero-order valence-electron chi connectivity index (χ0n) is 10.6. The maximum Gasteiger partial charge on any atom is 0.240 e. The van der Waals surface area contributed by atoms with Crippen molar-refractivity contribution in [3.8, 4) is 0 Å². The fourth-order valence-electron chi connectivity index (χ4n) is 1.58. The molecule has 0 spiro atoms. The SMILES string of the molecule is CCC(CC)CNS(=O)(=O)c1ccc(F)c(N)c1. The van der Waals surface area contributed by atoms with Crippen LogP contribution in [0.25, 0.3) is 0 Å². The molecule has 0 aliphatic rings. The van der Waals surface area contributed by atoms with Crippen LogP contribution in [0.15, 0.2) is 23.1 Å². The molecule has 4 nitrogen and oxygen atoms in total. The summed E-state index contributed by atoms with van der Waals surface area (Å²) in [5, 5.41) is 0. The largest absolute Gasteiger partial charge is 0.396 e. The zero-order valence-corrected chi connectivity index (χ0v) is 11.4. The number of rotatable bonds is 6. The van der Waals surface area contributed by atoms with E-state index in [0.29, 0.717) is 12.5 Å². The van der Waals surface area contributed by atoms with Crippen LogP contribution in [0.4, 0.5) is 10.1 Å². The summed E-state index contributed by atoms with van der Waals surface area (Å²) in [6.07, 6.45) is 1.81. The maximum atomic E-state index is 13.0. The number of sulfonamides is 1. The van der Waals surface area contributed by atoms with Crippen molar-refractivity contribution in [2.75, 3.05) is 12.3 Å². The van der Waals surface area contributed by atoms with E-state index in [2.05, 4.69) is 4.72 Å². The standard InChI is InChI=1S/C12H19FN2O2S/c1-3-9(4-2)8-15-18(16,17)10-5-6-11(13)12(14)7-10/h5-7,9,15H,3-4,8,14H2,1-2H3. The Morgan fingerprint density at radius 3 is 2.44 bits per heavy atom. The summed E-state index contributed by atoms with van der Waals surface area (Å²) in [6.45, 7) is 4.41. The number of halogens is 1. The third kappa shape index (κ3) is 3.68. The average molecular weight is 274 g/mol. The van der Waals surface area contributed by atoms with E-state index in [9.17, 15) is 12.8 Å². The molecule has 0 aliphatic carbocycles. The van der Waals surface area contributed by atoms with E-state index in [4.69, 9.17) is 5.73 Å². The second-order valence-corrected chi connectivity index (χ2v) is 5.98. The molecule has 0 saturated carbocycles. The van der Waals surface area contributed by atoms with Crippen molar-refractivity contribution in [1.29, 1.82) is 0 Å². The van der Waals surface area contributed by atoms with Crippen LogP contribution < -0.4 is 10.5 Å². The number of hydrogen-bond acceptors (Lipinski definition) is 3. The molecule has 0 amide bonds. The number of nitrogens with two attached hydrogens (primary N) is 1. The molecule has 0 saturated heterocycles. The first-order valence-corrected chi connectivity index (χ1v) is 7.43. The van der Waals surface area contributed by atoms with E-state index < -0.39 is 15.8 Å². The van der Waals surface area contributed by atoms with Crippen LogP contribution in [-0.2, 0) is 10.0 Å². The van der Waals surface area contributed by atoms with Gasteiger partial charge in [0.05, 0.1) is 10.6 Å². The highest BCUT2D eigenvalue weighted by atomic mass is 32.2. The molecule has 0 bridgehead atoms. The number of hydrogen-bond donors (Lipinski definition) is 2. The van der Waals surface area contributed by atoms with Crippen molar-refractivity contribution in [1.82, 2.24) is 4.72 Å². The Kier molecular flexibility index (Phi) is 5.10. The van der Waals surface area contributed by atoms with E-state index in [1.807, 2.05) is 13.8 Å². The molecule has 0 aliphatic heterocycles. The van der Waals surface area contributed by atoms with E-state index in [0.717, 1.165) is 25.0 Å². The first-order chi connectivity index (χ1) is 8.40. The summed E-state index contributed by atoms with van der Waals surface area (Å²) in [5.41, 5.74) is 5.19. The van der Waals surface area contributed by atoms with Crippen LogP contribution in [0.1, 0.15) is 26.7 Å². The van der Waals surface area contributed by atoms with E-state index >= 15 is 0 Å². The quantitative estimate of drug-likeness (QED) is 0.780. The molecule has 1 aromatic rings. The zero-order chi connectivity index (χ0) is 13.8. The fourth-order valence-corrected chi connectivity index (χ4v) is 2.73. The molecule has 18 heavy (non-hydrogen) atoms. The lowest BCUT2D eigenvalue weighted by molar-refractivity contribution is 0.479. The Hall–Kier alpha value is -1.14. The van der Waals surface area contributed by atoms with Gasteiger partial charge in [-0.15, -0.1) is 0 Å². The molecule has 0 radical (unpaired) electrons. The van der Waals surface area contributed by atoms with Crippen LogP contribution in [0.2, 0.25) is 0 Å². The Morgan fingerprint density at radius 1 is 1.33 bits per heavy atom. The molecule has 0 aromatic heterocycles. The van der Waals surface area contributed by atoms with Gasteiger partial charge in [0.15, 0.2) is 0 Å². The van der Waals surface area contributed by atoms with Crippen molar-refractivity contribution in [3.05, 3.63) is 24.0 Å². The lowest BCUT2D eigenvalue weighted by Crippen LogP contribution is -2.29. The van der Waals surface area contributed by atoms with E-state index in [-0.39, 0.29) is 10.6 Å². The van der Waals surface area contributed by atoms with E-state index in [1.165, 1.54) is 6.07 Å². The lowest BCUT2D eigenvalue weighted by Gasteiger charge is -2.13. The summed E-state index contributed by atoms with van der Waals surface area (Å²) >= 11 is 0. The molecule has 102 valence electrons. The van der Waals surface area contributed by atoms with Crippen LogP contribution in [0.3, 0.4) is 0 Å². The van der Waals surface area contributed by atoms with Crippen molar-refractivity contribution in [2.24, 2.45) is 5.92 Å². The van der Waals surface area contributed by atoms with Gasteiger partial charge < -0.3 is 5.73 Å². The highest BCUT2D eigenvalue weighted by Crippen LogP contribution is 2.17. The minimum Gasteiger partial charge on any atom is -0.396 e. The number of nitrogens with one attached hydrogen (secondary N) is 1. The molecular formula is C12H19FN2O2S. The Labute approximate surface area is 107 Å². The predicted molar refractivity (Wildman–Crippen MR) is 70.1 cm³/mol. The van der Waals surface area contributed by atoms with Crippen LogP contribution in [0, 0.1) is 11.7 Å². The molecule has 1 rings (SSSR count). The van der Waals surface area contributed by atoms with Crippen molar-refractivity contribution in [3.63, 3.8) is 0 Å². The molecule has 3 N–H and O–H groups in total. The van der Waals surface area contributed by atoms with Gasteiger partial charge in [-0.1, -0.05) is 26.7 Å². The lowest BCUT2D eigenvalue weighted by atomic mass is 10.0. The smallest absolute Gasteiger partial charge is 0.240 e. The summed E-state index contributed by atoms with van der Waals surface area (Å²) < 4.78 is 39.4. The van der Waals surface area contributed by atoms with Gasteiger partial charge >= 0.3 is 0 Å². The monoisotopic (exact) mass is 274 g/mol. The molecule has 0 atom stereocenters. The third-order valence-electron chi connectivity index (χ3n) is 2.99. The predicted octanol–water partition coefficient (Wildman–Crippen LogP) is 2.12. The first kappa shape index (κ1) is 14.9. The molecular weight excluding hydrogens is 255 g/mol. The third-order valence-corrected chi connectivity index (χ3v) is 4.42.